The molecule has 3 aromatic heterocycles. The van der Waals surface area contributed by atoms with E-state index in [0.29, 0.717) is 23.1 Å². The van der Waals surface area contributed by atoms with E-state index in [2.05, 4.69) is 15.1 Å². The summed E-state index contributed by atoms with van der Waals surface area (Å²) >= 11 is 5.89. The second kappa shape index (κ2) is 8.39. The smallest absolute Gasteiger partial charge is 0.276 e. The number of hydrogen-bond donors (Lipinski definition) is 0. The standard InChI is InChI=1S/C20H19ClN4O3/c21-14-9-15(12-22-11-14)27-13-16-10-18(24-28-16)20(26)25-8-4-2-6-19(25)17-5-1-3-7-23-17/h1,3,5,7,9-12,19H,2,4,6,8,13H2. The lowest BCUT2D eigenvalue weighted by molar-refractivity contribution is 0.0595. The maximum atomic E-state index is 13.0. The SMILES string of the molecule is O=C(c1cc(COc2cncc(Cl)c2)on1)N1CCCCC1c1ccccn1. The van der Waals surface area contributed by atoms with Crippen LogP contribution in [0.4, 0.5) is 0 Å². The minimum atomic E-state index is -0.158. The van der Waals surface area contributed by atoms with Gasteiger partial charge in [0.15, 0.2) is 11.5 Å². The zero-order valence-corrected chi connectivity index (χ0v) is 15.9. The summed E-state index contributed by atoms with van der Waals surface area (Å²) in [4.78, 5) is 23.2. The highest BCUT2D eigenvalue weighted by molar-refractivity contribution is 6.30. The third-order valence-electron chi connectivity index (χ3n) is 4.63. The molecule has 1 unspecified atom stereocenters. The lowest BCUT2D eigenvalue weighted by Crippen LogP contribution is -2.39. The summed E-state index contributed by atoms with van der Waals surface area (Å²) in [5.74, 6) is 0.813. The largest absolute Gasteiger partial charge is 0.484 e. The molecule has 1 saturated heterocycles. The summed E-state index contributed by atoms with van der Waals surface area (Å²) in [5.41, 5.74) is 1.17. The predicted molar refractivity (Wildman–Crippen MR) is 102 cm³/mol. The van der Waals surface area contributed by atoms with Crippen molar-refractivity contribution in [1.82, 2.24) is 20.0 Å². The van der Waals surface area contributed by atoms with Gasteiger partial charge in [0, 0.05) is 31.1 Å². The van der Waals surface area contributed by atoms with E-state index in [4.69, 9.17) is 20.9 Å². The molecule has 7 nitrogen and oxygen atoms in total. The van der Waals surface area contributed by atoms with Gasteiger partial charge in [0.2, 0.25) is 0 Å². The van der Waals surface area contributed by atoms with Gasteiger partial charge in [0.1, 0.15) is 12.4 Å². The summed E-state index contributed by atoms with van der Waals surface area (Å²) in [5, 5.41) is 4.42. The molecule has 0 spiro atoms. The van der Waals surface area contributed by atoms with Gasteiger partial charge in [-0.15, -0.1) is 0 Å². The molecule has 0 saturated carbocycles. The Kier molecular flexibility index (Phi) is 5.53. The van der Waals surface area contributed by atoms with Gasteiger partial charge >= 0.3 is 0 Å². The predicted octanol–water partition coefficient (Wildman–Crippen LogP) is 4.06. The fraction of sp³-hybridized carbons (Fsp3) is 0.300. The van der Waals surface area contributed by atoms with Crippen LogP contribution in [0.15, 0.2) is 53.4 Å². The molecule has 0 bridgehead atoms. The van der Waals surface area contributed by atoms with E-state index in [9.17, 15) is 4.79 Å². The minimum Gasteiger partial charge on any atom is -0.484 e. The van der Waals surface area contributed by atoms with Crippen LogP contribution in [-0.2, 0) is 6.61 Å². The van der Waals surface area contributed by atoms with Crippen LogP contribution in [0.3, 0.4) is 0 Å². The molecule has 1 aliphatic heterocycles. The Morgan fingerprint density at radius 1 is 1.29 bits per heavy atom. The summed E-state index contributed by atoms with van der Waals surface area (Å²) in [6, 6.07) is 8.99. The van der Waals surface area contributed by atoms with Crippen molar-refractivity contribution in [3.05, 3.63) is 71.1 Å². The first-order valence-corrected chi connectivity index (χ1v) is 9.49. The van der Waals surface area contributed by atoms with Crippen molar-refractivity contribution in [2.24, 2.45) is 0 Å². The zero-order valence-electron chi connectivity index (χ0n) is 15.1. The van der Waals surface area contributed by atoms with E-state index >= 15 is 0 Å². The van der Waals surface area contributed by atoms with Crippen LogP contribution >= 0.6 is 11.6 Å². The Labute approximate surface area is 167 Å². The monoisotopic (exact) mass is 398 g/mol. The van der Waals surface area contributed by atoms with Gasteiger partial charge < -0.3 is 14.2 Å². The van der Waals surface area contributed by atoms with Crippen LogP contribution in [0, 0.1) is 0 Å². The van der Waals surface area contributed by atoms with Crippen LogP contribution in [-0.4, -0.2) is 32.5 Å². The summed E-state index contributed by atoms with van der Waals surface area (Å²) in [6.45, 7) is 0.804. The molecule has 4 rings (SSSR count). The first kappa shape index (κ1) is 18.4. The number of nitrogens with zero attached hydrogens (tertiary/aromatic N) is 4. The summed E-state index contributed by atoms with van der Waals surface area (Å²) in [7, 11) is 0. The van der Waals surface area contributed by atoms with E-state index in [1.165, 1.54) is 6.20 Å². The Bertz CT molecular complexity index is 947. The third-order valence-corrected chi connectivity index (χ3v) is 4.84. The quantitative estimate of drug-likeness (QED) is 0.644. The number of aromatic nitrogens is 3. The molecular formula is C20H19ClN4O3. The molecule has 0 aliphatic carbocycles. The average Bonchev–Trinajstić information content (AvgIpc) is 3.21. The molecule has 28 heavy (non-hydrogen) atoms. The number of piperidine rings is 1. The second-order valence-corrected chi connectivity index (χ2v) is 7.01. The number of ether oxygens (including phenoxy) is 1. The first-order valence-electron chi connectivity index (χ1n) is 9.11. The lowest BCUT2D eigenvalue weighted by atomic mass is 9.98. The van der Waals surface area contributed by atoms with Crippen molar-refractivity contribution in [2.45, 2.75) is 31.9 Å². The highest BCUT2D eigenvalue weighted by atomic mass is 35.5. The number of amides is 1. The maximum absolute atomic E-state index is 13.0. The molecule has 0 aromatic carbocycles. The number of likely N-dealkylation sites (tertiary alicyclic amines) is 1. The van der Waals surface area contributed by atoms with Gasteiger partial charge in [-0.1, -0.05) is 22.8 Å². The van der Waals surface area contributed by atoms with E-state index < -0.39 is 0 Å². The summed E-state index contributed by atoms with van der Waals surface area (Å²) in [6.07, 6.45) is 7.75. The lowest BCUT2D eigenvalue weighted by Gasteiger charge is -2.34. The van der Waals surface area contributed by atoms with E-state index in [1.54, 1.807) is 24.5 Å². The number of carbonyl (C=O) groups is 1. The van der Waals surface area contributed by atoms with Crippen LogP contribution < -0.4 is 4.74 Å². The van der Waals surface area contributed by atoms with Crippen LogP contribution in [0.5, 0.6) is 5.75 Å². The molecule has 4 heterocycles. The molecule has 144 valence electrons. The van der Waals surface area contributed by atoms with Gasteiger partial charge in [-0.2, -0.15) is 0 Å². The average molecular weight is 399 g/mol. The Balaban J connectivity index is 1.45. The number of halogens is 1. The van der Waals surface area contributed by atoms with Gasteiger partial charge in [-0.05, 0) is 31.4 Å². The molecule has 1 amide bonds. The molecule has 3 aromatic rings. The van der Waals surface area contributed by atoms with Crippen LogP contribution in [0.2, 0.25) is 5.02 Å². The van der Waals surface area contributed by atoms with Crippen molar-refractivity contribution in [3.8, 4) is 5.75 Å². The van der Waals surface area contributed by atoms with E-state index in [0.717, 1.165) is 25.0 Å². The van der Waals surface area contributed by atoms with E-state index in [1.807, 2.05) is 23.1 Å². The maximum Gasteiger partial charge on any atom is 0.276 e. The van der Waals surface area contributed by atoms with Gasteiger partial charge in [-0.3, -0.25) is 14.8 Å². The number of hydrogen-bond acceptors (Lipinski definition) is 6. The number of pyridine rings is 2. The molecule has 0 N–H and O–H groups in total. The highest BCUT2D eigenvalue weighted by Crippen LogP contribution is 2.31. The van der Waals surface area contributed by atoms with Gasteiger partial charge in [-0.25, -0.2) is 0 Å². The fourth-order valence-corrected chi connectivity index (χ4v) is 3.47. The Hall–Kier alpha value is -2.93. The first-order chi connectivity index (χ1) is 13.7. The van der Waals surface area contributed by atoms with Crippen LogP contribution in [0.1, 0.15) is 47.2 Å². The molecule has 1 fully saturated rings. The molecule has 1 atom stereocenters. The highest BCUT2D eigenvalue weighted by Gasteiger charge is 2.31. The zero-order chi connectivity index (χ0) is 19.3. The third kappa shape index (κ3) is 4.14. The molecular weight excluding hydrogens is 380 g/mol. The Morgan fingerprint density at radius 2 is 2.21 bits per heavy atom. The number of carbonyl (C=O) groups excluding carboxylic acids is 1. The van der Waals surface area contributed by atoms with Crippen LogP contribution in [0.25, 0.3) is 0 Å². The minimum absolute atomic E-state index is 0.0450. The second-order valence-electron chi connectivity index (χ2n) is 6.57. The molecule has 0 radical (unpaired) electrons. The fourth-order valence-electron chi connectivity index (χ4n) is 3.31. The van der Waals surface area contributed by atoms with Crippen molar-refractivity contribution in [2.75, 3.05) is 6.54 Å². The van der Waals surface area contributed by atoms with Crippen molar-refractivity contribution in [3.63, 3.8) is 0 Å². The van der Waals surface area contributed by atoms with Crippen molar-refractivity contribution < 1.29 is 14.1 Å². The van der Waals surface area contributed by atoms with Gasteiger partial charge in [0.05, 0.1) is 23.0 Å². The van der Waals surface area contributed by atoms with Crippen molar-refractivity contribution >= 4 is 17.5 Å². The van der Waals surface area contributed by atoms with Gasteiger partial charge in [0.25, 0.3) is 5.91 Å². The molecule has 8 heteroatoms. The van der Waals surface area contributed by atoms with E-state index in [-0.39, 0.29) is 24.2 Å². The summed E-state index contributed by atoms with van der Waals surface area (Å²) < 4.78 is 10.9. The molecule has 1 aliphatic rings. The topological polar surface area (TPSA) is 81.3 Å². The van der Waals surface area contributed by atoms with Crippen molar-refractivity contribution in [1.29, 1.82) is 0 Å². The Morgan fingerprint density at radius 3 is 3.04 bits per heavy atom. The normalized spacial score (nSPS) is 16.8. The number of rotatable bonds is 5.